The molecule has 4 heteroatoms. The Morgan fingerprint density at radius 3 is 2.33 bits per heavy atom. The van der Waals surface area contributed by atoms with Gasteiger partial charge in [-0.25, -0.2) is 4.79 Å². The largest absolute Gasteiger partial charge is 0.506 e. The first-order valence-electron chi connectivity index (χ1n) is 6.52. The van der Waals surface area contributed by atoms with E-state index in [2.05, 4.69) is 0 Å². The minimum atomic E-state index is -1.38. The van der Waals surface area contributed by atoms with Gasteiger partial charge < -0.3 is 9.84 Å². The van der Waals surface area contributed by atoms with E-state index in [9.17, 15) is 9.59 Å². The zero-order valence-corrected chi connectivity index (χ0v) is 11.9. The molecule has 0 saturated heterocycles. The fourth-order valence-electron chi connectivity index (χ4n) is 2.47. The number of hydrogen-bond donors (Lipinski definition) is 1. The van der Waals surface area contributed by atoms with Gasteiger partial charge in [-0.3, -0.25) is 4.79 Å². The number of ether oxygens (including phenoxy) is 1. The van der Waals surface area contributed by atoms with Crippen LogP contribution >= 0.6 is 0 Å². The van der Waals surface area contributed by atoms with Crippen molar-refractivity contribution >= 4 is 12.4 Å². The summed E-state index contributed by atoms with van der Waals surface area (Å²) in [5.41, 5.74) is 1.54. The monoisotopic (exact) mass is 284 g/mol. The van der Waals surface area contributed by atoms with Crippen molar-refractivity contribution < 1.29 is 19.4 Å². The van der Waals surface area contributed by atoms with Gasteiger partial charge >= 0.3 is 6.16 Å². The molecule has 0 spiro atoms. The SMILES string of the molecule is CC(C)(OC(=O)O)c1c(C=O)cccc1-c1ccccc1. The maximum Gasteiger partial charge on any atom is 0.506 e. The lowest BCUT2D eigenvalue weighted by Crippen LogP contribution is -2.27. The number of aldehydes is 1. The van der Waals surface area contributed by atoms with E-state index in [1.807, 2.05) is 36.4 Å². The molecule has 0 amide bonds. The summed E-state index contributed by atoms with van der Waals surface area (Å²) in [5.74, 6) is 0. The topological polar surface area (TPSA) is 63.6 Å². The van der Waals surface area contributed by atoms with E-state index in [0.717, 1.165) is 11.1 Å². The number of carbonyl (C=O) groups is 2. The van der Waals surface area contributed by atoms with Crippen LogP contribution in [0.2, 0.25) is 0 Å². The Labute approximate surface area is 123 Å². The van der Waals surface area contributed by atoms with Crippen molar-refractivity contribution in [2.45, 2.75) is 19.4 Å². The van der Waals surface area contributed by atoms with Crippen molar-refractivity contribution in [3.63, 3.8) is 0 Å². The van der Waals surface area contributed by atoms with Crippen molar-refractivity contribution in [3.05, 3.63) is 59.7 Å². The number of carboxylic acid groups (broad SMARTS) is 1. The molecule has 0 bridgehead atoms. The van der Waals surface area contributed by atoms with Crippen LogP contribution in [-0.2, 0) is 10.3 Å². The standard InChI is InChI=1S/C17H16O4/c1-17(2,21-16(19)20)15-13(11-18)9-6-10-14(15)12-7-4-3-5-8-12/h3-11H,1-2H3,(H,19,20). The van der Waals surface area contributed by atoms with Crippen molar-refractivity contribution in [1.82, 2.24) is 0 Å². The first kappa shape index (κ1) is 14.8. The van der Waals surface area contributed by atoms with Gasteiger partial charge in [0.1, 0.15) is 5.60 Å². The van der Waals surface area contributed by atoms with Crippen LogP contribution < -0.4 is 0 Å². The van der Waals surface area contributed by atoms with Crippen LogP contribution in [0.15, 0.2) is 48.5 Å². The number of benzene rings is 2. The summed E-state index contributed by atoms with van der Waals surface area (Å²) in [7, 11) is 0. The van der Waals surface area contributed by atoms with E-state index in [-0.39, 0.29) is 0 Å². The minimum Gasteiger partial charge on any atom is -0.450 e. The predicted molar refractivity (Wildman–Crippen MR) is 79.4 cm³/mol. The van der Waals surface area contributed by atoms with E-state index in [1.165, 1.54) is 0 Å². The molecule has 1 N–H and O–H groups in total. The lowest BCUT2D eigenvalue weighted by atomic mass is 9.86. The Balaban J connectivity index is 2.68. The second kappa shape index (κ2) is 5.79. The van der Waals surface area contributed by atoms with Crippen molar-refractivity contribution in [3.8, 4) is 11.1 Å². The minimum absolute atomic E-state index is 0.419. The molecule has 2 aromatic carbocycles. The highest BCUT2D eigenvalue weighted by molar-refractivity contribution is 5.84. The molecule has 0 fully saturated rings. The van der Waals surface area contributed by atoms with Gasteiger partial charge in [0, 0.05) is 11.1 Å². The van der Waals surface area contributed by atoms with Crippen LogP contribution in [0.25, 0.3) is 11.1 Å². The fourth-order valence-corrected chi connectivity index (χ4v) is 2.47. The molecule has 0 aromatic heterocycles. The smallest absolute Gasteiger partial charge is 0.450 e. The predicted octanol–water partition coefficient (Wildman–Crippen LogP) is 4.10. The zero-order chi connectivity index (χ0) is 15.5. The summed E-state index contributed by atoms with van der Waals surface area (Å²) in [6.45, 7) is 3.27. The third-order valence-corrected chi connectivity index (χ3v) is 3.25. The average Bonchev–Trinajstić information content (AvgIpc) is 2.46. The van der Waals surface area contributed by atoms with E-state index >= 15 is 0 Å². The Kier molecular flexibility index (Phi) is 4.08. The molecule has 0 aliphatic heterocycles. The van der Waals surface area contributed by atoms with Gasteiger partial charge in [-0.2, -0.15) is 0 Å². The van der Waals surface area contributed by atoms with Gasteiger partial charge in [0.2, 0.25) is 0 Å². The lowest BCUT2D eigenvalue weighted by Gasteiger charge is -2.28. The fraction of sp³-hybridized carbons (Fsp3) is 0.176. The first-order valence-corrected chi connectivity index (χ1v) is 6.52. The van der Waals surface area contributed by atoms with Gasteiger partial charge in [0.25, 0.3) is 0 Å². The van der Waals surface area contributed by atoms with Crippen LogP contribution in [0.1, 0.15) is 29.8 Å². The molecule has 4 nitrogen and oxygen atoms in total. The molecular formula is C17H16O4. The van der Waals surface area contributed by atoms with Crippen LogP contribution in [-0.4, -0.2) is 17.5 Å². The van der Waals surface area contributed by atoms with Crippen molar-refractivity contribution in [2.24, 2.45) is 0 Å². The third-order valence-electron chi connectivity index (χ3n) is 3.25. The zero-order valence-electron chi connectivity index (χ0n) is 11.9. The van der Waals surface area contributed by atoms with Gasteiger partial charge in [0.05, 0.1) is 0 Å². The highest BCUT2D eigenvalue weighted by Crippen LogP contribution is 2.36. The molecule has 0 heterocycles. The molecule has 108 valence electrons. The van der Waals surface area contributed by atoms with E-state index in [0.29, 0.717) is 17.4 Å². The maximum atomic E-state index is 11.3. The highest BCUT2D eigenvalue weighted by Gasteiger charge is 2.31. The molecule has 2 aromatic rings. The summed E-state index contributed by atoms with van der Waals surface area (Å²) in [6, 6.07) is 14.8. The van der Waals surface area contributed by atoms with Gasteiger partial charge in [-0.1, -0.05) is 48.5 Å². The van der Waals surface area contributed by atoms with Crippen molar-refractivity contribution in [2.75, 3.05) is 0 Å². The molecule has 0 aliphatic carbocycles. The molecule has 21 heavy (non-hydrogen) atoms. The van der Waals surface area contributed by atoms with Crippen molar-refractivity contribution in [1.29, 1.82) is 0 Å². The molecule has 0 saturated carbocycles. The quantitative estimate of drug-likeness (QED) is 0.678. The highest BCUT2D eigenvalue weighted by atomic mass is 16.7. The van der Waals surface area contributed by atoms with E-state index in [4.69, 9.17) is 9.84 Å². The van der Waals surface area contributed by atoms with Crippen LogP contribution in [0.5, 0.6) is 0 Å². The molecule has 0 atom stereocenters. The number of carbonyl (C=O) groups excluding carboxylic acids is 1. The number of hydrogen-bond acceptors (Lipinski definition) is 3. The Morgan fingerprint density at radius 1 is 1.10 bits per heavy atom. The normalized spacial score (nSPS) is 11.0. The average molecular weight is 284 g/mol. The first-order chi connectivity index (χ1) is 9.95. The van der Waals surface area contributed by atoms with Gasteiger partial charge in [-0.15, -0.1) is 0 Å². The van der Waals surface area contributed by atoms with Gasteiger partial charge in [0.15, 0.2) is 6.29 Å². The lowest BCUT2D eigenvalue weighted by molar-refractivity contribution is 0.000996. The maximum absolute atomic E-state index is 11.3. The summed E-state index contributed by atoms with van der Waals surface area (Å²) < 4.78 is 4.99. The van der Waals surface area contributed by atoms with Crippen LogP contribution in [0.4, 0.5) is 4.79 Å². The van der Waals surface area contributed by atoms with E-state index < -0.39 is 11.8 Å². The Morgan fingerprint density at radius 2 is 1.76 bits per heavy atom. The van der Waals surface area contributed by atoms with Gasteiger partial charge in [-0.05, 0) is 25.0 Å². The Bertz CT molecular complexity index is 660. The summed E-state index contributed by atoms with van der Waals surface area (Å²) >= 11 is 0. The van der Waals surface area contributed by atoms with Crippen LogP contribution in [0.3, 0.4) is 0 Å². The van der Waals surface area contributed by atoms with Crippen LogP contribution in [0, 0.1) is 0 Å². The summed E-state index contributed by atoms with van der Waals surface area (Å²) in [5, 5.41) is 8.92. The molecular weight excluding hydrogens is 268 g/mol. The molecule has 0 unspecified atom stereocenters. The summed E-state index contributed by atoms with van der Waals surface area (Å²) in [6.07, 6.45) is -0.658. The second-order valence-corrected chi connectivity index (χ2v) is 5.13. The molecule has 2 rings (SSSR count). The Hall–Kier alpha value is -2.62. The number of rotatable bonds is 4. The second-order valence-electron chi connectivity index (χ2n) is 5.13. The molecule has 0 aliphatic rings. The molecule has 0 radical (unpaired) electrons. The van der Waals surface area contributed by atoms with E-state index in [1.54, 1.807) is 26.0 Å². The summed E-state index contributed by atoms with van der Waals surface area (Å²) in [4.78, 5) is 22.3. The third kappa shape index (κ3) is 3.11.